The summed E-state index contributed by atoms with van der Waals surface area (Å²) in [6.45, 7) is 4.88. The Bertz CT molecular complexity index is 1440. The molecule has 1 aliphatic carbocycles. The maximum absolute atomic E-state index is 15.0. The predicted octanol–water partition coefficient (Wildman–Crippen LogP) is 6.00. The largest absolute Gasteiger partial charge is 0.454 e. The molecule has 40 heavy (non-hydrogen) atoms. The number of carbonyl (C=O) groups excluding carboxylic acids is 2. The summed E-state index contributed by atoms with van der Waals surface area (Å²) in [5.41, 5.74) is 3.38. The van der Waals surface area contributed by atoms with Crippen LogP contribution in [0, 0.1) is 11.2 Å². The first-order valence-electron chi connectivity index (χ1n) is 13.4. The van der Waals surface area contributed by atoms with Crippen LogP contribution in [0.25, 0.3) is 0 Å². The highest BCUT2D eigenvalue weighted by molar-refractivity contribution is 6.02. The number of ketones is 1. The molecule has 3 aromatic rings. The highest BCUT2D eigenvalue weighted by Crippen LogP contribution is 2.48. The lowest BCUT2D eigenvalue weighted by molar-refractivity contribution is -0.121. The Kier molecular flexibility index (Phi) is 7.89. The number of nitrogens with zero attached hydrogens (tertiary/aromatic N) is 1. The summed E-state index contributed by atoms with van der Waals surface area (Å²) < 4.78 is 26.0. The smallest absolute Gasteiger partial charge is 0.239 e. The van der Waals surface area contributed by atoms with Crippen LogP contribution in [0.15, 0.2) is 84.1 Å². The average molecular weight is 544 g/mol. The van der Waals surface area contributed by atoms with Crippen LogP contribution in [0.5, 0.6) is 11.5 Å². The lowest BCUT2D eigenvalue weighted by Gasteiger charge is -2.38. The molecule has 0 saturated carbocycles. The summed E-state index contributed by atoms with van der Waals surface area (Å²) in [5, 5.41) is 6.42. The molecule has 7 nitrogen and oxygen atoms in total. The zero-order valence-corrected chi connectivity index (χ0v) is 23.0. The minimum Gasteiger partial charge on any atom is -0.454 e. The summed E-state index contributed by atoms with van der Waals surface area (Å²) in [6.07, 6.45) is 1.02. The number of benzene rings is 3. The van der Waals surface area contributed by atoms with Gasteiger partial charge in [0.25, 0.3) is 0 Å². The molecule has 5 rings (SSSR count). The monoisotopic (exact) mass is 543 g/mol. The molecule has 1 heterocycles. The number of fused-ring (bicyclic) bond motifs is 1. The first kappa shape index (κ1) is 27.4. The van der Waals surface area contributed by atoms with Gasteiger partial charge in [-0.25, -0.2) is 4.39 Å². The van der Waals surface area contributed by atoms with Crippen molar-refractivity contribution in [2.75, 3.05) is 37.0 Å². The molecule has 1 atom stereocenters. The molecule has 2 N–H and O–H groups in total. The Morgan fingerprint density at radius 2 is 1.82 bits per heavy atom. The van der Waals surface area contributed by atoms with E-state index in [1.54, 1.807) is 31.4 Å². The van der Waals surface area contributed by atoms with E-state index < -0.39 is 11.9 Å². The van der Waals surface area contributed by atoms with Crippen molar-refractivity contribution in [3.8, 4) is 11.5 Å². The van der Waals surface area contributed by atoms with Gasteiger partial charge in [0, 0.05) is 31.3 Å². The minimum atomic E-state index is -0.651. The van der Waals surface area contributed by atoms with Gasteiger partial charge in [0.15, 0.2) is 17.3 Å². The van der Waals surface area contributed by atoms with Crippen molar-refractivity contribution in [1.29, 1.82) is 0 Å². The molecule has 0 spiro atoms. The van der Waals surface area contributed by atoms with Crippen LogP contribution < -0.4 is 20.3 Å². The molecule has 1 amide bonds. The van der Waals surface area contributed by atoms with Gasteiger partial charge in [0.1, 0.15) is 5.75 Å². The third kappa shape index (κ3) is 5.87. The summed E-state index contributed by atoms with van der Waals surface area (Å²) in [7, 11) is 1.58. The second kappa shape index (κ2) is 11.5. The van der Waals surface area contributed by atoms with Crippen molar-refractivity contribution in [2.24, 2.45) is 5.41 Å². The maximum Gasteiger partial charge on any atom is 0.239 e. The summed E-state index contributed by atoms with van der Waals surface area (Å²) in [4.78, 5) is 29.0. The number of carbonyl (C=O) groups is 2. The van der Waals surface area contributed by atoms with E-state index in [0.717, 1.165) is 17.1 Å². The number of rotatable bonds is 8. The van der Waals surface area contributed by atoms with Crippen molar-refractivity contribution in [3.05, 3.63) is 95.4 Å². The van der Waals surface area contributed by atoms with Gasteiger partial charge in [0.2, 0.25) is 5.91 Å². The fraction of sp³-hybridized carbons (Fsp3) is 0.312. The van der Waals surface area contributed by atoms with Crippen molar-refractivity contribution >= 4 is 23.1 Å². The first-order chi connectivity index (χ1) is 19.3. The zero-order valence-electron chi connectivity index (χ0n) is 23.0. The third-order valence-electron chi connectivity index (χ3n) is 7.19. The quantitative estimate of drug-likeness (QED) is 0.340. The van der Waals surface area contributed by atoms with Crippen molar-refractivity contribution in [1.82, 2.24) is 5.32 Å². The van der Waals surface area contributed by atoms with E-state index in [-0.39, 0.29) is 29.4 Å². The van der Waals surface area contributed by atoms with E-state index in [9.17, 15) is 9.59 Å². The number of nitrogens with one attached hydrogen (secondary N) is 2. The normalized spacial score (nSPS) is 17.9. The number of hydrogen-bond acceptors (Lipinski definition) is 6. The van der Waals surface area contributed by atoms with E-state index in [1.165, 1.54) is 6.07 Å². The topological polar surface area (TPSA) is 79.9 Å². The Balaban J connectivity index is 1.65. The summed E-state index contributed by atoms with van der Waals surface area (Å²) in [5.74, 6) is -0.196. The van der Waals surface area contributed by atoms with E-state index in [0.29, 0.717) is 42.9 Å². The molecule has 3 aromatic carbocycles. The summed E-state index contributed by atoms with van der Waals surface area (Å²) in [6, 6.07) is 20.7. The minimum absolute atomic E-state index is 0.00352. The van der Waals surface area contributed by atoms with Crippen LogP contribution in [0.2, 0.25) is 0 Å². The average Bonchev–Trinajstić information content (AvgIpc) is 3.04. The van der Waals surface area contributed by atoms with Gasteiger partial charge in [-0.1, -0.05) is 50.2 Å². The van der Waals surface area contributed by atoms with Crippen LogP contribution in [0.3, 0.4) is 0 Å². The third-order valence-corrected chi connectivity index (χ3v) is 7.19. The summed E-state index contributed by atoms with van der Waals surface area (Å²) >= 11 is 0. The van der Waals surface area contributed by atoms with E-state index in [2.05, 4.69) is 24.5 Å². The van der Waals surface area contributed by atoms with Crippen LogP contribution >= 0.6 is 0 Å². The highest BCUT2D eigenvalue weighted by Gasteiger charge is 2.42. The molecule has 0 bridgehead atoms. The second-order valence-electron chi connectivity index (χ2n) is 11.0. The zero-order chi connectivity index (χ0) is 28.3. The standard InChI is InChI=1S/C32H34FN3O4/c1-32(2)18-25-30(27(37)19-32)31(21-13-14-23(33)28(17-21)40-22-9-5-4-6-10-22)36(20-29(38)34-15-16-39-3)26-12-8-7-11-24(26)35-25/h4-14,17,31,35H,15-16,18-20H2,1-3H3,(H,34,38). The molecular weight excluding hydrogens is 509 g/mol. The molecule has 0 aromatic heterocycles. The second-order valence-corrected chi connectivity index (χ2v) is 11.0. The number of halogens is 1. The van der Waals surface area contributed by atoms with Crippen molar-refractivity contribution in [3.63, 3.8) is 0 Å². The Labute approximate surface area is 234 Å². The molecule has 8 heteroatoms. The SMILES string of the molecule is COCCNC(=O)CN1c2ccccc2NC2=C(C(=O)CC(C)(C)C2)C1c1ccc(F)c(Oc2ccccc2)c1. The van der Waals surface area contributed by atoms with E-state index >= 15 is 4.39 Å². The number of Topliss-reactive ketones (excluding diaryl/α,β-unsaturated/α-hetero) is 1. The van der Waals surface area contributed by atoms with Gasteiger partial charge < -0.3 is 25.0 Å². The van der Waals surface area contributed by atoms with Gasteiger partial charge in [-0.15, -0.1) is 0 Å². The van der Waals surface area contributed by atoms with E-state index in [1.807, 2.05) is 47.4 Å². The molecule has 1 unspecified atom stereocenters. The van der Waals surface area contributed by atoms with Crippen LogP contribution in [0.4, 0.5) is 15.8 Å². The number of para-hydroxylation sites is 3. The van der Waals surface area contributed by atoms with Crippen LogP contribution in [0.1, 0.15) is 38.3 Å². The Hall–Kier alpha value is -4.17. The number of hydrogen-bond donors (Lipinski definition) is 2. The molecule has 208 valence electrons. The number of ether oxygens (including phenoxy) is 2. The molecule has 1 aliphatic heterocycles. The van der Waals surface area contributed by atoms with E-state index in [4.69, 9.17) is 9.47 Å². The first-order valence-corrected chi connectivity index (χ1v) is 13.4. The molecule has 2 aliphatic rings. The van der Waals surface area contributed by atoms with Gasteiger partial charge >= 0.3 is 0 Å². The van der Waals surface area contributed by atoms with Gasteiger partial charge in [-0.3, -0.25) is 9.59 Å². The number of methoxy groups -OCH3 is 1. The van der Waals surface area contributed by atoms with Gasteiger partial charge in [-0.05, 0) is 53.8 Å². The fourth-order valence-electron chi connectivity index (χ4n) is 5.46. The predicted molar refractivity (Wildman–Crippen MR) is 153 cm³/mol. The van der Waals surface area contributed by atoms with Gasteiger partial charge in [-0.2, -0.15) is 0 Å². The Morgan fingerprint density at radius 3 is 2.60 bits per heavy atom. The Morgan fingerprint density at radius 1 is 1.07 bits per heavy atom. The number of anilines is 2. The lowest BCUT2D eigenvalue weighted by atomic mass is 9.73. The van der Waals surface area contributed by atoms with Crippen molar-refractivity contribution < 1.29 is 23.5 Å². The maximum atomic E-state index is 15.0. The molecular formula is C32H34FN3O4. The van der Waals surface area contributed by atoms with Crippen molar-refractivity contribution in [2.45, 2.75) is 32.7 Å². The fourth-order valence-corrected chi connectivity index (χ4v) is 5.46. The van der Waals surface area contributed by atoms with Gasteiger partial charge in [0.05, 0.1) is 30.6 Å². The lowest BCUT2D eigenvalue weighted by Crippen LogP contribution is -2.42. The van der Waals surface area contributed by atoms with Crippen LogP contribution in [-0.2, 0) is 14.3 Å². The number of amides is 1. The highest BCUT2D eigenvalue weighted by atomic mass is 19.1. The molecule has 0 saturated heterocycles. The molecule has 0 fully saturated rings. The number of allylic oxidation sites excluding steroid dienone is 1. The van der Waals surface area contributed by atoms with Crippen LogP contribution in [-0.4, -0.2) is 38.5 Å². The molecule has 0 radical (unpaired) electrons.